The van der Waals surface area contributed by atoms with Crippen LogP contribution < -0.4 is 5.73 Å². The quantitative estimate of drug-likeness (QED) is 0.917. The molecule has 2 aliphatic heterocycles. The molecule has 2 fully saturated rings. The molecule has 2 aliphatic rings. The average Bonchev–Trinajstić information content (AvgIpc) is 2.68. The molecular formula is C21H27N3O2. The first-order chi connectivity index (χ1) is 12.7. The van der Waals surface area contributed by atoms with Crippen molar-refractivity contribution in [2.24, 2.45) is 0 Å². The van der Waals surface area contributed by atoms with Crippen molar-refractivity contribution in [1.82, 2.24) is 9.88 Å². The van der Waals surface area contributed by atoms with Gasteiger partial charge in [-0.2, -0.15) is 0 Å². The van der Waals surface area contributed by atoms with Crippen LogP contribution in [-0.2, 0) is 9.53 Å². The highest BCUT2D eigenvalue weighted by Crippen LogP contribution is 2.32. The maximum atomic E-state index is 12.7. The van der Waals surface area contributed by atoms with E-state index in [2.05, 4.69) is 0 Å². The SMILES string of the molecule is Nc1cc2ccccc2nc1[C@H]1CCCN(C(=O)C[C@@H]2CCCCO2)C1. The highest BCUT2D eigenvalue weighted by molar-refractivity contribution is 5.82. The normalized spacial score (nSPS) is 23.9. The Morgan fingerprint density at radius 3 is 2.96 bits per heavy atom. The van der Waals surface area contributed by atoms with Crippen LogP contribution in [0.5, 0.6) is 0 Å². The molecule has 1 amide bonds. The summed E-state index contributed by atoms with van der Waals surface area (Å²) < 4.78 is 5.74. The first-order valence-corrected chi connectivity index (χ1v) is 9.75. The summed E-state index contributed by atoms with van der Waals surface area (Å²) in [6, 6.07) is 10.1. The zero-order chi connectivity index (χ0) is 17.9. The van der Waals surface area contributed by atoms with Gasteiger partial charge in [0.15, 0.2) is 0 Å². The highest BCUT2D eigenvalue weighted by Gasteiger charge is 2.29. The second-order valence-electron chi connectivity index (χ2n) is 7.53. The third-order valence-corrected chi connectivity index (χ3v) is 5.62. The van der Waals surface area contributed by atoms with Crippen LogP contribution in [0.2, 0.25) is 0 Å². The van der Waals surface area contributed by atoms with E-state index in [1.165, 1.54) is 0 Å². The smallest absolute Gasteiger partial charge is 0.225 e. The number of ether oxygens (including phenoxy) is 1. The molecule has 5 heteroatoms. The first kappa shape index (κ1) is 17.3. The molecule has 0 saturated carbocycles. The molecule has 2 saturated heterocycles. The topological polar surface area (TPSA) is 68.5 Å². The van der Waals surface area contributed by atoms with Crippen molar-refractivity contribution in [3.05, 3.63) is 36.0 Å². The Hall–Kier alpha value is -2.14. The number of aromatic nitrogens is 1. The van der Waals surface area contributed by atoms with Gasteiger partial charge in [0.1, 0.15) is 0 Å². The molecule has 5 nitrogen and oxygen atoms in total. The number of nitrogens with two attached hydrogens (primary N) is 1. The van der Waals surface area contributed by atoms with Gasteiger partial charge in [-0.05, 0) is 44.2 Å². The van der Waals surface area contributed by atoms with Gasteiger partial charge in [-0.3, -0.25) is 9.78 Å². The highest BCUT2D eigenvalue weighted by atomic mass is 16.5. The van der Waals surface area contributed by atoms with E-state index in [9.17, 15) is 4.79 Å². The van der Waals surface area contributed by atoms with Crippen molar-refractivity contribution >= 4 is 22.5 Å². The molecule has 0 spiro atoms. The molecular weight excluding hydrogens is 326 g/mol. The van der Waals surface area contributed by atoms with Crippen LogP contribution in [-0.4, -0.2) is 41.6 Å². The molecule has 3 heterocycles. The number of nitrogens with zero attached hydrogens (tertiary/aromatic N) is 2. The summed E-state index contributed by atoms with van der Waals surface area (Å²) in [5, 5.41) is 1.06. The number of amides is 1. The Morgan fingerprint density at radius 2 is 2.12 bits per heavy atom. The summed E-state index contributed by atoms with van der Waals surface area (Å²) in [5.74, 6) is 0.422. The molecule has 4 rings (SSSR count). The van der Waals surface area contributed by atoms with Crippen LogP contribution in [0.4, 0.5) is 5.69 Å². The van der Waals surface area contributed by atoms with E-state index in [-0.39, 0.29) is 17.9 Å². The summed E-state index contributed by atoms with van der Waals surface area (Å²) in [6.07, 6.45) is 5.91. The number of benzene rings is 1. The molecule has 138 valence electrons. The second kappa shape index (κ2) is 7.62. The number of piperidine rings is 1. The number of carbonyl (C=O) groups excluding carboxylic acids is 1. The summed E-state index contributed by atoms with van der Waals surface area (Å²) in [6.45, 7) is 2.33. The molecule has 1 aromatic carbocycles. The minimum Gasteiger partial charge on any atom is -0.397 e. The number of likely N-dealkylation sites (tertiary alicyclic amines) is 1. The molecule has 26 heavy (non-hydrogen) atoms. The van der Waals surface area contributed by atoms with E-state index in [0.717, 1.165) is 67.5 Å². The second-order valence-corrected chi connectivity index (χ2v) is 7.53. The summed E-state index contributed by atoms with van der Waals surface area (Å²) in [4.78, 5) is 19.5. The Labute approximate surface area is 154 Å². The lowest BCUT2D eigenvalue weighted by atomic mass is 9.92. The number of para-hydroxylation sites is 1. The van der Waals surface area contributed by atoms with Gasteiger partial charge in [-0.15, -0.1) is 0 Å². The molecule has 2 atom stereocenters. The van der Waals surface area contributed by atoms with Gasteiger partial charge in [-0.1, -0.05) is 18.2 Å². The molecule has 2 N–H and O–H groups in total. The zero-order valence-electron chi connectivity index (χ0n) is 15.2. The lowest BCUT2D eigenvalue weighted by Gasteiger charge is -2.34. The third kappa shape index (κ3) is 3.68. The van der Waals surface area contributed by atoms with Crippen LogP contribution >= 0.6 is 0 Å². The summed E-state index contributed by atoms with van der Waals surface area (Å²) in [5.41, 5.74) is 8.95. The number of hydrogen-bond acceptors (Lipinski definition) is 4. The van der Waals surface area contributed by atoms with E-state index >= 15 is 0 Å². The first-order valence-electron chi connectivity index (χ1n) is 9.75. The van der Waals surface area contributed by atoms with Gasteiger partial charge < -0.3 is 15.4 Å². The predicted octanol–water partition coefficient (Wildman–Crippen LogP) is 3.48. The Bertz CT molecular complexity index is 786. The van der Waals surface area contributed by atoms with Crippen molar-refractivity contribution in [1.29, 1.82) is 0 Å². The van der Waals surface area contributed by atoms with E-state index in [1.54, 1.807) is 0 Å². The van der Waals surface area contributed by atoms with Crippen LogP contribution in [0, 0.1) is 0 Å². The number of rotatable bonds is 3. The number of anilines is 1. The molecule has 0 radical (unpaired) electrons. The van der Waals surface area contributed by atoms with Gasteiger partial charge in [0.2, 0.25) is 5.91 Å². The molecule has 1 aromatic heterocycles. The minimum absolute atomic E-state index is 0.0977. The molecule has 0 unspecified atom stereocenters. The van der Waals surface area contributed by atoms with Gasteiger partial charge in [-0.25, -0.2) is 0 Å². The van der Waals surface area contributed by atoms with Crippen molar-refractivity contribution < 1.29 is 9.53 Å². The van der Waals surface area contributed by atoms with Crippen LogP contribution in [0.25, 0.3) is 10.9 Å². The molecule has 0 bridgehead atoms. The standard InChI is InChI=1S/C21H27N3O2/c22-18-12-15-6-1-2-9-19(15)23-21(18)16-7-5-10-24(14-16)20(25)13-17-8-3-4-11-26-17/h1-2,6,9,12,16-17H,3-5,7-8,10-11,13-14,22H2/t16-,17-/m0/s1. The van der Waals surface area contributed by atoms with Crippen LogP contribution in [0.15, 0.2) is 30.3 Å². The number of carbonyl (C=O) groups is 1. The minimum atomic E-state index is 0.0977. The van der Waals surface area contributed by atoms with Gasteiger partial charge in [0.25, 0.3) is 0 Å². The zero-order valence-corrected chi connectivity index (χ0v) is 15.2. The average molecular weight is 353 g/mol. The summed E-state index contributed by atoms with van der Waals surface area (Å²) in [7, 11) is 0. The Kier molecular flexibility index (Phi) is 5.07. The van der Waals surface area contributed by atoms with Crippen molar-refractivity contribution in [3.63, 3.8) is 0 Å². The van der Waals surface area contributed by atoms with Crippen molar-refractivity contribution in [2.45, 2.75) is 50.5 Å². The maximum Gasteiger partial charge on any atom is 0.225 e. The van der Waals surface area contributed by atoms with Gasteiger partial charge >= 0.3 is 0 Å². The molecule has 2 aromatic rings. The predicted molar refractivity (Wildman–Crippen MR) is 103 cm³/mol. The van der Waals surface area contributed by atoms with Crippen molar-refractivity contribution in [3.8, 4) is 0 Å². The number of fused-ring (bicyclic) bond motifs is 1. The largest absolute Gasteiger partial charge is 0.397 e. The number of pyridine rings is 1. The van der Waals surface area contributed by atoms with Crippen LogP contribution in [0.3, 0.4) is 0 Å². The fraction of sp³-hybridized carbons (Fsp3) is 0.524. The van der Waals surface area contributed by atoms with E-state index in [0.29, 0.717) is 13.0 Å². The van der Waals surface area contributed by atoms with E-state index in [1.807, 2.05) is 35.2 Å². The number of nitrogen functional groups attached to an aromatic ring is 1. The van der Waals surface area contributed by atoms with Gasteiger partial charge in [0.05, 0.1) is 29.4 Å². The van der Waals surface area contributed by atoms with Crippen LogP contribution in [0.1, 0.15) is 50.1 Å². The fourth-order valence-corrected chi connectivity index (χ4v) is 4.19. The Morgan fingerprint density at radius 1 is 1.23 bits per heavy atom. The van der Waals surface area contributed by atoms with Gasteiger partial charge in [0, 0.05) is 31.0 Å². The number of hydrogen-bond donors (Lipinski definition) is 1. The third-order valence-electron chi connectivity index (χ3n) is 5.62. The Balaban J connectivity index is 1.48. The fourth-order valence-electron chi connectivity index (χ4n) is 4.19. The lowest BCUT2D eigenvalue weighted by molar-refractivity contribution is -0.136. The molecule has 0 aliphatic carbocycles. The summed E-state index contributed by atoms with van der Waals surface area (Å²) >= 11 is 0. The van der Waals surface area contributed by atoms with Crippen molar-refractivity contribution in [2.75, 3.05) is 25.4 Å². The van der Waals surface area contributed by atoms with E-state index < -0.39 is 0 Å². The van der Waals surface area contributed by atoms with E-state index in [4.69, 9.17) is 15.5 Å². The lowest BCUT2D eigenvalue weighted by Crippen LogP contribution is -2.41. The maximum absolute atomic E-state index is 12.7. The monoisotopic (exact) mass is 353 g/mol.